The Morgan fingerprint density at radius 3 is 2.57 bits per heavy atom. The van der Waals surface area contributed by atoms with Crippen LogP contribution in [0.5, 0.6) is 0 Å². The van der Waals surface area contributed by atoms with Crippen LogP contribution in [0.2, 0.25) is 0 Å². The Kier molecular flexibility index (Phi) is 5.45. The first-order valence-corrected chi connectivity index (χ1v) is 8.69. The summed E-state index contributed by atoms with van der Waals surface area (Å²) < 4.78 is 5.36. The van der Waals surface area contributed by atoms with Gasteiger partial charge in [-0.1, -0.05) is 0 Å². The second-order valence-electron chi connectivity index (χ2n) is 5.49. The normalized spacial score (nSPS) is 15.7. The van der Waals surface area contributed by atoms with E-state index >= 15 is 0 Å². The molecule has 2 aromatic rings. The predicted octanol–water partition coefficient (Wildman–Crippen LogP) is 3.99. The van der Waals surface area contributed by atoms with Crippen LogP contribution in [0.3, 0.4) is 0 Å². The summed E-state index contributed by atoms with van der Waals surface area (Å²) in [4.78, 5) is 11.9. The van der Waals surface area contributed by atoms with Gasteiger partial charge in [-0.3, -0.25) is 4.79 Å². The van der Waals surface area contributed by atoms with Gasteiger partial charge in [0.1, 0.15) is 0 Å². The lowest BCUT2D eigenvalue weighted by molar-refractivity contribution is -0.111. The lowest BCUT2D eigenvalue weighted by Gasteiger charge is -2.24. The molecule has 1 aliphatic rings. The van der Waals surface area contributed by atoms with E-state index in [-0.39, 0.29) is 5.91 Å². The molecule has 1 saturated heterocycles. The van der Waals surface area contributed by atoms with E-state index in [4.69, 9.17) is 4.74 Å². The summed E-state index contributed by atoms with van der Waals surface area (Å²) in [6, 6.07) is 10.3. The van der Waals surface area contributed by atoms with Gasteiger partial charge in [0.2, 0.25) is 5.91 Å². The van der Waals surface area contributed by atoms with E-state index in [9.17, 15) is 4.79 Å². The van der Waals surface area contributed by atoms with Crippen LogP contribution < -0.4 is 10.6 Å². The number of nitrogens with one attached hydrogen (secondary N) is 2. The van der Waals surface area contributed by atoms with E-state index < -0.39 is 0 Å². The van der Waals surface area contributed by atoms with Crippen molar-refractivity contribution < 1.29 is 9.53 Å². The van der Waals surface area contributed by atoms with Crippen molar-refractivity contribution in [1.29, 1.82) is 0 Å². The molecule has 0 aliphatic carbocycles. The summed E-state index contributed by atoms with van der Waals surface area (Å²) in [5.74, 6) is -0.124. The van der Waals surface area contributed by atoms with Crippen LogP contribution in [-0.2, 0) is 9.53 Å². The Balaban J connectivity index is 1.51. The van der Waals surface area contributed by atoms with Crippen LogP contribution in [0, 0.1) is 0 Å². The average Bonchev–Trinajstić information content (AvgIpc) is 3.09. The molecule has 0 spiro atoms. The van der Waals surface area contributed by atoms with Crippen molar-refractivity contribution >= 4 is 34.7 Å². The predicted molar refractivity (Wildman–Crippen MR) is 95.9 cm³/mol. The lowest BCUT2D eigenvalue weighted by atomic mass is 10.1. The topological polar surface area (TPSA) is 50.4 Å². The molecule has 2 N–H and O–H groups in total. The minimum Gasteiger partial charge on any atom is -0.382 e. The fourth-order valence-electron chi connectivity index (χ4n) is 2.45. The highest BCUT2D eigenvalue weighted by Crippen LogP contribution is 2.18. The number of ether oxygens (including phenoxy) is 1. The largest absolute Gasteiger partial charge is 0.382 e. The Morgan fingerprint density at radius 1 is 1.13 bits per heavy atom. The molecular formula is C18H20N2O2S. The molecule has 0 bridgehead atoms. The zero-order chi connectivity index (χ0) is 15.9. The molecule has 0 radical (unpaired) electrons. The van der Waals surface area contributed by atoms with Crippen LogP contribution in [0.25, 0.3) is 6.08 Å². The Hall–Kier alpha value is -2.11. The smallest absolute Gasteiger partial charge is 0.248 e. The molecule has 2 heterocycles. The van der Waals surface area contributed by atoms with Crippen LogP contribution in [0.1, 0.15) is 18.4 Å². The maximum absolute atomic E-state index is 11.9. The van der Waals surface area contributed by atoms with Crippen LogP contribution in [-0.4, -0.2) is 25.2 Å². The van der Waals surface area contributed by atoms with E-state index in [2.05, 4.69) is 10.6 Å². The summed E-state index contributed by atoms with van der Waals surface area (Å²) in [7, 11) is 0. The number of rotatable bonds is 5. The monoisotopic (exact) mass is 328 g/mol. The molecule has 1 fully saturated rings. The summed E-state index contributed by atoms with van der Waals surface area (Å²) in [5.41, 5.74) is 2.91. The van der Waals surface area contributed by atoms with E-state index in [1.165, 1.54) is 0 Å². The number of benzene rings is 1. The third-order valence-corrected chi connectivity index (χ3v) is 4.42. The molecule has 120 valence electrons. The first-order valence-electron chi connectivity index (χ1n) is 7.75. The average molecular weight is 328 g/mol. The van der Waals surface area contributed by atoms with Gasteiger partial charge >= 0.3 is 0 Å². The number of thiophene rings is 1. The molecule has 5 heteroatoms. The van der Waals surface area contributed by atoms with E-state index in [1.807, 2.05) is 47.2 Å². The molecule has 3 rings (SSSR count). The summed E-state index contributed by atoms with van der Waals surface area (Å²) in [6.45, 7) is 1.64. The highest BCUT2D eigenvalue weighted by atomic mass is 32.1. The first-order chi connectivity index (χ1) is 11.3. The maximum Gasteiger partial charge on any atom is 0.248 e. The fourth-order valence-corrected chi connectivity index (χ4v) is 3.08. The van der Waals surface area contributed by atoms with Crippen molar-refractivity contribution in [3.8, 4) is 0 Å². The minimum absolute atomic E-state index is 0.124. The Labute approximate surface area is 140 Å². The SMILES string of the molecule is O=C(C=Cc1ccsc1)Nc1ccc(NC2CCOCC2)cc1. The Bertz CT molecular complexity index is 644. The molecule has 23 heavy (non-hydrogen) atoms. The molecule has 1 aliphatic heterocycles. The van der Waals surface area contributed by atoms with Crippen molar-refractivity contribution in [2.24, 2.45) is 0 Å². The molecule has 1 aromatic heterocycles. The van der Waals surface area contributed by atoms with Crippen molar-refractivity contribution in [1.82, 2.24) is 0 Å². The third kappa shape index (κ3) is 4.94. The van der Waals surface area contributed by atoms with Gasteiger partial charge in [-0.15, -0.1) is 0 Å². The molecule has 0 atom stereocenters. The Morgan fingerprint density at radius 2 is 1.87 bits per heavy atom. The van der Waals surface area contributed by atoms with Gasteiger partial charge in [-0.25, -0.2) is 0 Å². The van der Waals surface area contributed by atoms with E-state index in [0.717, 1.165) is 43.0 Å². The van der Waals surface area contributed by atoms with Gasteiger partial charge in [0, 0.05) is 36.7 Å². The number of carbonyl (C=O) groups is 1. The lowest BCUT2D eigenvalue weighted by Crippen LogP contribution is -2.27. The maximum atomic E-state index is 11.9. The van der Waals surface area contributed by atoms with Crippen molar-refractivity contribution in [3.05, 3.63) is 52.7 Å². The molecule has 1 aromatic carbocycles. The van der Waals surface area contributed by atoms with Crippen LogP contribution in [0.15, 0.2) is 47.2 Å². The number of anilines is 2. The number of hydrogen-bond acceptors (Lipinski definition) is 4. The van der Waals surface area contributed by atoms with Gasteiger partial charge in [-0.05, 0) is 65.6 Å². The highest BCUT2D eigenvalue weighted by molar-refractivity contribution is 7.08. The van der Waals surface area contributed by atoms with Crippen molar-refractivity contribution in [3.63, 3.8) is 0 Å². The third-order valence-electron chi connectivity index (χ3n) is 3.71. The van der Waals surface area contributed by atoms with Crippen LogP contribution >= 0.6 is 11.3 Å². The van der Waals surface area contributed by atoms with E-state index in [1.54, 1.807) is 17.4 Å². The summed E-state index contributed by atoms with van der Waals surface area (Å²) >= 11 is 1.61. The minimum atomic E-state index is -0.124. The molecule has 0 saturated carbocycles. The molecule has 4 nitrogen and oxygen atoms in total. The summed E-state index contributed by atoms with van der Waals surface area (Å²) in [6.07, 6.45) is 5.43. The molecule has 0 unspecified atom stereocenters. The van der Waals surface area contributed by atoms with Gasteiger partial charge in [0.05, 0.1) is 0 Å². The second kappa shape index (κ2) is 7.94. The van der Waals surface area contributed by atoms with Gasteiger partial charge in [0.15, 0.2) is 0 Å². The highest BCUT2D eigenvalue weighted by Gasteiger charge is 2.13. The standard InChI is InChI=1S/C18H20N2O2S/c21-18(6-1-14-9-12-23-13-14)20-16-4-2-15(3-5-16)19-17-7-10-22-11-8-17/h1-6,9,12-13,17,19H,7-8,10-11H2,(H,20,21). The number of amides is 1. The second-order valence-corrected chi connectivity index (χ2v) is 6.27. The zero-order valence-corrected chi connectivity index (χ0v) is 13.6. The van der Waals surface area contributed by atoms with E-state index in [0.29, 0.717) is 6.04 Å². The summed E-state index contributed by atoms with van der Waals surface area (Å²) in [5, 5.41) is 10.4. The van der Waals surface area contributed by atoms with Crippen LogP contribution in [0.4, 0.5) is 11.4 Å². The van der Waals surface area contributed by atoms with Gasteiger partial charge in [-0.2, -0.15) is 11.3 Å². The first kappa shape index (κ1) is 15.8. The van der Waals surface area contributed by atoms with Gasteiger partial charge in [0.25, 0.3) is 0 Å². The molecular weight excluding hydrogens is 308 g/mol. The van der Waals surface area contributed by atoms with Gasteiger partial charge < -0.3 is 15.4 Å². The van der Waals surface area contributed by atoms with Crippen molar-refractivity contribution in [2.45, 2.75) is 18.9 Å². The number of carbonyl (C=O) groups excluding carboxylic acids is 1. The quantitative estimate of drug-likeness (QED) is 0.816. The fraction of sp³-hybridized carbons (Fsp3) is 0.278. The molecule has 1 amide bonds. The zero-order valence-electron chi connectivity index (χ0n) is 12.8. The number of hydrogen-bond donors (Lipinski definition) is 2. The van der Waals surface area contributed by atoms with Crippen molar-refractivity contribution in [2.75, 3.05) is 23.8 Å².